The van der Waals surface area contributed by atoms with Crippen molar-refractivity contribution in [2.75, 3.05) is 11.9 Å². The zero-order valence-electron chi connectivity index (χ0n) is 15.5. The fraction of sp³-hybridized carbons (Fsp3) is 0.300. The average molecular weight is 608 g/mol. The lowest BCUT2D eigenvalue weighted by molar-refractivity contribution is -0.118. The van der Waals surface area contributed by atoms with E-state index in [0.717, 1.165) is 5.56 Å². The van der Waals surface area contributed by atoms with Crippen molar-refractivity contribution in [1.82, 2.24) is 5.32 Å². The summed E-state index contributed by atoms with van der Waals surface area (Å²) in [6, 6.07) is 11.8. The van der Waals surface area contributed by atoms with E-state index >= 15 is 0 Å². The van der Waals surface area contributed by atoms with E-state index in [1.54, 1.807) is 24.3 Å². The number of carbonyl (C=O) groups is 2. The Morgan fingerprint density at radius 1 is 1.11 bits per heavy atom. The Morgan fingerprint density at radius 2 is 1.71 bits per heavy atom. The van der Waals surface area contributed by atoms with Gasteiger partial charge in [-0.1, -0.05) is 32.0 Å². The highest BCUT2D eigenvalue weighted by molar-refractivity contribution is 14.1. The highest BCUT2D eigenvalue weighted by atomic mass is 127. The molecule has 0 aliphatic rings. The first-order valence-electron chi connectivity index (χ1n) is 8.72. The first-order chi connectivity index (χ1) is 13.3. The number of phenols is 1. The number of phenolic OH excluding ortho intramolecular Hbond substituents is 1. The van der Waals surface area contributed by atoms with Crippen LogP contribution in [0, 0.1) is 13.1 Å². The van der Waals surface area contributed by atoms with E-state index in [-0.39, 0.29) is 30.6 Å². The van der Waals surface area contributed by atoms with Gasteiger partial charge < -0.3 is 20.5 Å². The fourth-order valence-electron chi connectivity index (χ4n) is 2.36. The van der Waals surface area contributed by atoms with Gasteiger partial charge in [0.25, 0.3) is 0 Å². The molecule has 2 aromatic rings. The van der Waals surface area contributed by atoms with Gasteiger partial charge in [-0.15, -0.1) is 0 Å². The van der Waals surface area contributed by atoms with Gasteiger partial charge in [0.2, 0.25) is 5.91 Å². The molecule has 0 radical (unpaired) electrons. The van der Waals surface area contributed by atoms with Gasteiger partial charge in [0.15, 0.2) is 0 Å². The Balaban J connectivity index is 2.17. The van der Waals surface area contributed by atoms with Gasteiger partial charge in [-0.25, -0.2) is 4.79 Å². The van der Waals surface area contributed by atoms with Crippen molar-refractivity contribution < 1.29 is 19.4 Å². The van der Waals surface area contributed by atoms with Crippen molar-refractivity contribution in [3.8, 4) is 5.75 Å². The van der Waals surface area contributed by atoms with E-state index in [1.165, 1.54) is 0 Å². The summed E-state index contributed by atoms with van der Waals surface area (Å²) in [6.45, 7) is 4.15. The monoisotopic (exact) mass is 608 g/mol. The molecule has 2 rings (SSSR count). The van der Waals surface area contributed by atoms with Crippen LogP contribution in [-0.4, -0.2) is 29.8 Å². The van der Waals surface area contributed by atoms with E-state index in [1.807, 2.05) is 77.2 Å². The average Bonchev–Trinajstić information content (AvgIpc) is 2.64. The SMILES string of the molecule is CC(C)COC(=O)N[C@H](Cc1cc(I)c(O)c(I)c1)C(=O)Nc1ccccc1. The standard InChI is InChI=1S/C20H22I2N2O4/c1-12(2)11-28-20(27)24-17(19(26)23-14-6-4-3-5-7-14)10-13-8-15(21)18(25)16(22)9-13/h3-9,12,17,25H,10-11H2,1-2H3,(H,23,26)(H,24,27)/t17-/m1/s1. The van der Waals surface area contributed by atoms with Crippen molar-refractivity contribution in [3.05, 3.63) is 55.2 Å². The molecule has 0 spiro atoms. The number of alkyl carbamates (subject to hydrolysis) is 1. The predicted molar refractivity (Wildman–Crippen MR) is 125 cm³/mol. The Hall–Kier alpha value is -1.56. The second-order valence-corrected chi connectivity index (χ2v) is 8.98. The summed E-state index contributed by atoms with van der Waals surface area (Å²) in [5, 5.41) is 15.4. The molecule has 1 atom stereocenters. The maximum atomic E-state index is 12.8. The number of amides is 2. The minimum atomic E-state index is -0.823. The number of rotatable bonds is 7. The molecule has 150 valence electrons. The number of ether oxygens (including phenoxy) is 1. The Bertz CT molecular complexity index is 805. The van der Waals surface area contributed by atoms with E-state index in [4.69, 9.17) is 4.74 Å². The topological polar surface area (TPSA) is 87.7 Å². The number of halogens is 2. The van der Waals surface area contributed by atoms with E-state index in [9.17, 15) is 14.7 Å². The summed E-state index contributed by atoms with van der Waals surface area (Å²) < 4.78 is 6.53. The Labute approximate surface area is 191 Å². The number of anilines is 1. The van der Waals surface area contributed by atoms with Crippen LogP contribution in [0.1, 0.15) is 19.4 Å². The summed E-state index contributed by atoms with van der Waals surface area (Å²) in [4.78, 5) is 24.9. The van der Waals surface area contributed by atoms with Crippen LogP contribution in [-0.2, 0) is 16.0 Å². The van der Waals surface area contributed by atoms with Crippen LogP contribution in [0.15, 0.2) is 42.5 Å². The molecule has 0 unspecified atom stereocenters. The van der Waals surface area contributed by atoms with E-state index < -0.39 is 12.1 Å². The largest absolute Gasteiger partial charge is 0.506 e. The van der Waals surface area contributed by atoms with Crippen molar-refractivity contribution in [1.29, 1.82) is 0 Å². The molecule has 2 aromatic carbocycles. The maximum absolute atomic E-state index is 12.8. The van der Waals surface area contributed by atoms with Gasteiger partial charge in [0, 0.05) is 12.1 Å². The lowest BCUT2D eigenvalue weighted by Crippen LogP contribution is -2.45. The van der Waals surface area contributed by atoms with Crippen LogP contribution in [0.5, 0.6) is 5.75 Å². The van der Waals surface area contributed by atoms with Gasteiger partial charge in [0.1, 0.15) is 11.8 Å². The fourth-order valence-corrected chi connectivity index (χ4v) is 4.26. The number of aromatic hydroxyl groups is 1. The third-order valence-electron chi connectivity index (χ3n) is 3.71. The Morgan fingerprint density at radius 3 is 2.29 bits per heavy atom. The molecule has 6 nitrogen and oxygen atoms in total. The van der Waals surface area contributed by atoms with Crippen LogP contribution < -0.4 is 10.6 Å². The summed E-state index contributed by atoms with van der Waals surface area (Å²) in [6.07, 6.45) is -0.369. The molecule has 0 fully saturated rings. The predicted octanol–water partition coefficient (Wildman–Crippen LogP) is 4.53. The molecule has 0 saturated carbocycles. The number of benzene rings is 2. The zero-order chi connectivity index (χ0) is 20.7. The molecular formula is C20H22I2N2O4. The van der Waals surface area contributed by atoms with Gasteiger partial charge in [-0.05, 0) is 80.9 Å². The van der Waals surface area contributed by atoms with Gasteiger partial charge >= 0.3 is 6.09 Å². The number of para-hydroxylation sites is 1. The van der Waals surface area contributed by atoms with Gasteiger partial charge in [-0.3, -0.25) is 4.79 Å². The van der Waals surface area contributed by atoms with Crippen LogP contribution in [0.25, 0.3) is 0 Å². The van der Waals surface area contributed by atoms with Crippen LogP contribution in [0.3, 0.4) is 0 Å². The molecule has 0 aromatic heterocycles. The number of nitrogens with one attached hydrogen (secondary N) is 2. The Kier molecular flexibility index (Phi) is 8.80. The molecule has 0 heterocycles. The summed E-state index contributed by atoms with van der Waals surface area (Å²) in [5.74, 6) is 0.0629. The van der Waals surface area contributed by atoms with Crippen LogP contribution in [0.2, 0.25) is 0 Å². The number of hydrogen-bond donors (Lipinski definition) is 3. The summed E-state index contributed by atoms with van der Waals surface area (Å²) in [5.41, 5.74) is 1.47. The highest BCUT2D eigenvalue weighted by Gasteiger charge is 2.23. The third-order valence-corrected chi connectivity index (χ3v) is 5.36. The molecule has 0 aliphatic carbocycles. The van der Waals surface area contributed by atoms with Crippen molar-refractivity contribution in [2.45, 2.75) is 26.3 Å². The van der Waals surface area contributed by atoms with Crippen molar-refractivity contribution in [2.24, 2.45) is 5.92 Å². The molecule has 3 N–H and O–H groups in total. The van der Waals surface area contributed by atoms with Crippen LogP contribution in [0.4, 0.5) is 10.5 Å². The lowest BCUT2D eigenvalue weighted by atomic mass is 10.0. The molecule has 2 amide bonds. The molecule has 28 heavy (non-hydrogen) atoms. The zero-order valence-corrected chi connectivity index (χ0v) is 19.9. The molecular weight excluding hydrogens is 586 g/mol. The smallest absolute Gasteiger partial charge is 0.407 e. The highest BCUT2D eigenvalue weighted by Crippen LogP contribution is 2.28. The third kappa shape index (κ3) is 7.12. The second kappa shape index (κ2) is 10.8. The summed E-state index contributed by atoms with van der Waals surface area (Å²) in [7, 11) is 0. The summed E-state index contributed by atoms with van der Waals surface area (Å²) >= 11 is 4.07. The maximum Gasteiger partial charge on any atom is 0.407 e. The first kappa shape index (κ1) is 22.7. The van der Waals surface area contributed by atoms with Crippen LogP contribution >= 0.6 is 45.2 Å². The van der Waals surface area contributed by atoms with Gasteiger partial charge in [-0.2, -0.15) is 0 Å². The minimum absolute atomic E-state index is 0.197. The quantitative estimate of drug-likeness (QED) is 0.404. The van der Waals surface area contributed by atoms with E-state index in [0.29, 0.717) is 12.8 Å². The number of carbonyl (C=O) groups excluding carboxylic acids is 2. The molecule has 0 aliphatic heterocycles. The minimum Gasteiger partial charge on any atom is -0.506 e. The lowest BCUT2D eigenvalue weighted by Gasteiger charge is -2.19. The van der Waals surface area contributed by atoms with E-state index in [2.05, 4.69) is 10.6 Å². The molecule has 0 bridgehead atoms. The second-order valence-electron chi connectivity index (χ2n) is 6.66. The first-order valence-corrected chi connectivity index (χ1v) is 10.9. The molecule has 8 heteroatoms. The normalized spacial score (nSPS) is 11.8. The molecule has 0 saturated heterocycles. The van der Waals surface area contributed by atoms with Crippen molar-refractivity contribution >= 4 is 62.9 Å². The van der Waals surface area contributed by atoms with Crippen molar-refractivity contribution in [3.63, 3.8) is 0 Å². The van der Waals surface area contributed by atoms with Gasteiger partial charge in [0.05, 0.1) is 13.7 Å². The number of hydrogen-bond acceptors (Lipinski definition) is 4.